The Kier molecular flexibility index (Phi) is 2.55. The summed E-state index contributed by atoms with van der Waals surface area (Å²) in [6, 6.07) is 5.83. The number of hydrogen-bond donors (Lipinski definition) is 2. The van der Waals surface area contributed by atoms with Gasteiger partial charge in [0.2, 0.25) is 0 Å². The van der Waals surface area contributed by atoms with E-state index in [1.54, 1.807) is 19.1 Å². The topological polar surface area (TPSA) is 86.9 Å². The van der Waals surface area contributed by atoms with Gasteiger partial charge in [-0.25, -0.2) is 9.07 Å². The van der Waals surface area contributed by atoms with Crippen LogP contribution in [0.2, 0.25) is 0 Å². The maximum atomic E-state index is 13.6. The fourth-order valence-electron chi connectivity index (χ4n) is 1.68. The molecule has 2 rings (SSSR count). The smallest absolute Gasteiger partial charge is 0.253 e. The first-order valence-corrected chi connectivity index (χ1v) is 4.91. The van der Waals surface area contributed by atoms with Crippen LogP contribution in [0.5, 0.6) is 0 Å². The first kappa shape index (κ1) is 11.1. The summed E-state index contributed by atoms with van der Waals surface area (Å²) in [5.41, 5.74) is 11.5. The molecule has 88 valence electrons. The molecule has 1 amide bonds. The molecule has 0 fully saturated rings. The number of nitrogens with two attached hydrogens (primary N) is 2. The molecule has 5 nitrogen and oxygen atoms in total. The molecule has 0 spiro atoms. The van der Waals surface area contributed by atoms with E-state index in [1.165, 1.54) is 16.8 Å². The fourth-order valence-corrected chi connectivity index (χ4v) is 1.68. The predicted octanol–water partition coefficient (Wildman–Crippen LogP) is 1.00. The van der Waals surface area contributed by atoms with Crippen LogP contribution in [-0.4, -0.2) is 15.7 Å². The molecule has 0 atom stereocenters. The number of amides is 1. The van der Waals surface area contributed by atoms with Gasteiger partial charge < -0.3 is 11.5 Å². The van der Waals surface area contributed by atoms with Crippen molar-refractivity contribution in [2.75, 3.05) is 5.73 Å². The summed E-state index contributed by atoms with van der Waals surface area (Å²) in [7, 11) is 0. The maximum Gasteiger partial charge on any atom is 0.253 e. The van der Waals surface area contributed by atoms with Gasteiger partial charge >= 0.3 is 0 Å². The van der Waals surface area contributed by atoms with Gasteiger partial charge in [0.1, 0.15) is 17.2 Å². The number of benzene rings is 1. The highest BCUT2D eigenvalue weighted by molar-refractivity contribution is 5.96. The number of halogens is 1. The van der Waals surface area contributed by atoms with Crippen LogP contribution in [0.3, 0.4) is 0 Å². The Labute approximate surface area is 96.8 Å². The first-order chi connectivity index (χ1) is 8.00. The molecule has 0 saturated carbocycles. The monoisotopic (exact) mass is 234 g/mol. The number of nitrogen functional groups attached to an aromatic ring is 1. The molecule has 0 saturated heterocycles. The Morgan fingerprint density at radius 2 is 2.18 bits per heavy atom. The van der Waals surface area contributed by atoms with E-state index in [9.17, 15) is 9.18 Å². The largest absolute Gasteiger partial charge is 0.382 e. The van der Waals surface area contributed by atoms with E-state index in [0.717, 1.165) is 0 Å². The van der Waals surface area contributed by atoms with Crippen LogP contribution >= 0.6 is 0 Å². The van der Waals surface area contributed by atoms with Crippen molar-refractivity contribution in [3.63, 3.8) is 0 Å². The van der Waals surface area contributed by atoms with Gasteiger partial charge in [-0.3, -0.25) is 4.79 Å². The fraction of sp³-hybridized carbons (Fsp3) is 0.0909. The number of nitrogens with zero attached hydrogens (tertiary/aromatic N) is 2. The van der Waals surface area contributed by atoms with Gasteiger partial charge in [0.15, 0.2) is 0 Å². The lowest BCUT2D eigenvalue weighted by Gasteiger charge is -2.09. The normalized spacial score (nSPS) is 10.5. The molecule has 1 aromatic carbocycles. The third kappa shape index (κ3) is 1.84. The van der Waals surface area contributed by atoms with E-state index < -0.39 is 11.7 Å². The Morgan fingerprint density at radius 1 is 1.47 bits per heavy atom. The highest BCUT2D eigenvalue weighted by Gasteiger charge is 2.17. The standard InChI is InChI=1S/C11H11FN4O/c1-6-5-9(13)15-16(6)8-4-2-3-7(12)10(8)11(14)17/h2-5H,1H3,(H2,13,15)(H2,14,17). The number of anilines is 1. The zero-order chi connectivity index (χ0) is 12.6. The Bertz CT molecular complexity index is 591. The van der Waals surface area contributed by atoms with Crippen LogP contribution in [0.15, 0.2) is 24.3 Å². The highest BCUT2D eigenvalue weighted by Crippen LogP contribution is 2.19. The predicted molar refractivity (Wildman–Crippen MR) is 61.2 cm³/mol. The van der Waals surface area contributed by atoms with E-state index >= 15 is 0 Å². The molecule has 0 aliphatic rings. The molecule has 0 aliphatic heterocycles. The van der Waals surface area contributed by atoms with E-state index in [1.807, 2.05) is 0 Å². The number of carbonyl (C=O) groups is 1. The van der Waals surface area contributed by atoms with Crippen molar-refractivity contribution >= 4 is 11.7 Å². The van der Waals surface area contributed by atoms with Gasteiger partial charge in [0.05, 0.1) is 5.69 Å². The number of aryl methyl sites for hydroxylation is 1. The minimum atomic E-state index is -0.841. The minimum absolute atomic E-state index is 0.196. The maximum absolute atomic E-state index is 13.6. The number of hydrogen-bond acceptors (Lipinski definition) is 3. The summed E-state index contributed by atoms with van der Waals surface area (Å²) >= 11 is 0. The Morgan fingerprint density at radius 3 is 2.71 bits per heavy atom. The van der Waals surface area contributed by atoms with Gasteiger partial charge in [0, 0.05) is 11.8 Å². The quantitative estimate of drug-likeness (QED) is 0.812. The van der Waals surface area contributed by atoms with Crippen LogP contribution in [0, 0.1) is 12.7 Å². The molecule has 17 heavy (non-hydrogen) atoms. The summed E-state index contributed by atoms with van der Waals surface area (Å²) in [6.07, 6.45) is 0. The zero-order valence-electron chi connectivity index (χ0n) is 9.14. The lowest BCUT2D eigenvalue weighted by atomic mass is 10.1. The highest BCUT2D eigenvalue weighted by atomic mass is 19.1. The average molecular weight is 234 g/mol. The molecule has 4 N–H and O–H groups in total. The van der Waals surface area contributed by atoms with Gasteiger partial charge in [0.25, 0.3) is 5.91 Å². The van der Waals surface area contributed by atoms with Crippen molar-refractivity contribution in [3.8, 4) is 5.69 Å². The average Bonchev–Trinajstić information content (AvgIpc) is 2.56. The van der Waals surface area contributed by atoms with Crippen LogP contribution in [0.1, 0.15) is 16.1 Å². The second-order valence-electron chi connectivity index (χ2n) is 3.62. The minimum Gasteiger partial charge on any atom is -0.382 e. The number of aromatic nitrogens is 2. The van der Waals surface area contributed by atoms with Gasteiger partial charge in [-0.05, 0) is 19.1 Å². The number of carbonyl (C=O) groups excluding carboxylic acids is 1. The van der Waals surface area contributed by atoms with Crippen molar-refractivity contribution in [2.45, 2.75) is 6.92 Å². The number of primary amides is 1. The zero-order valence-corrected chi connectivity index (χ0v) is 9.14. The first-order valence-electron chi connectivity index (χ1n) is 4.91. The van der Waals surface area contributed by atoms with Crippen molar-refractivity contribution in [2.24, 2.45) is 5.73 Å². The van der Waals surface area contributed by atoms with Crippen LogP contribution in [-0.2, 0) is 0 Å². The summed E-state index contributed by atoms with van der Waals surface area (Å²) in [4.78, 5) is 11.2. The van der Waals surface area contributed by atoms with E-state index in [2.05, 4.69) is 5.10 Å². The van der Waals surface area contributed by atoms with E-state index in [0.29, 0.717) is 11.5 Å². The van der Waals surface area contributed by atoms with E-state index in [4.69, 9.17) is 11.5 Å². The van der Waals surface area contributed by atoms with Crippen LogP contribution in [0.25, 0.3) is 5.69 Å². The van der Waals surface area contributed by atoms with Gasteiger partial charge in [-0.1, -0.05) is 6.07 Å². The molecule has 1 aromatic heterocycles. The van der Waals surface area contributed by atoms with Crippen molar-refractivity contribution in [1.29, 1.82) is 0 Å². The summed E-state index contributed by atoms with van der Waals surface area (Å²) in [6.45, 7) is 1.75. The molecule has 6 heteroatoms. The summed E-state index contributed by atoms with van der Waals surface area (Å²) in [5.74, 6) is -1.22. The van der Waals surface area contributed by atoms with E-state index in [-0.39, 0.29) is 11.3 Å². The Balaban J connectivity index is 2.71. The molecule has 0 aliphatic carbocycles. The van der Waals surface area contributed by atoms with Crippen LogP contribution in [0.4, 0.5) is 10.2 Å². The van der Waals surface area contributed by atoms with Gasteiger partial charge in [-0.15, -0.1) is 0 Å². The molecular weight excluding hydrogens is 223 g/mol. The van der Waals surface area contributed by atoms with Crippen molar-refractivity contribution < 1.29 is 9.18 Å². The third-order valence-electron chi connectivity index (χ3n) is 2.37. The SMILES string of the molecule is Cc1cc(N)nn1-c1cccc(F)c1C(N)=O. The second kappa shape index (κ2) is 3.89. The second-order valence-corrected chi connectivity index (χ2v) is 3.62. The van der Waals surface area contributed by atoms with Crippen molar-refractivity contribution in [3.05, 3.63) is 41.3 Å². The molecular formula is C11H11FN4O. The lowest BCUT2D eigenvalue weighted by Crippen LogP contribution is -2.17. The lowest BCUT2D eigenvalue weighted by molar-refractivity contribution is 0.0996. The molecule has 1 heterocycles. The van der Waals surface area contributed by atoms with Gasteiger partial charge in [-0.2, -0.15) is 5.10 Å². The third-order valence-corrected chi connectivity index (χ3v) is 2.37. The molecule has 0 bridgehead atoms. The summed E-state index contributed by atoms with van der Waals surface area (Å²) < 4.78 is 14.9. The molecule has 0 unspecified atom stereocenters. The van der Waals surface area contributed by atoms with Crippen molar-refractivity contribution in [1.82, 2.24) is 9.78 Å². The molecule has 2 aromatic rings. The molecule has 0 radical (unpaired) electrons. The number of rotatable bonds is 2. The Hall–Kier alpha value is -2.37. The van der Waals surface area contributed by atoms with Crippen LogP contribution < -0.4 is 11.5 Å². The summed E-state index contributed by atoms with van der Waals surface area (Å²) in [5, 5.41) is 3.98.